The van der Waals surface area contributed by atoms with Crippen molar-refractivity contribution in [2.45, 2.75) is 83.6 Å². The van der Waals surface area contributed by atoms with Crippen LogP contribution >= 0.6 is 0 Å². The molecule has 1 N–H and O–H groups in total. The van der Waals surface area contributed by atoms with Crippen LogP contribution in [-0.4, -0.2) is 25.8 Å². The van der Waals surface area contributed by atoms with Gasteiger partial charge in [-0.2, -0.15) is 0 Å². The molecule has 1 saturated heterocycles. The lowest BCUT2D eigenvalue weighted by molar-refractivity contribution is 0.0568. The molecule has 118 valence electrons. The first-order valence-electron chi connectivity index (χ1n) is 9.21. The van der Waals surface area contributed by atoms with Gasteiger partial charge < -0.3 is 10.1 Å². The molecular formula is C18H35NO. The number of rotatable bonds is 6. The van der Waals surface area contributed by atoms with Crippen LogP contribution in [0.5, 0.6) is 0 Å². The topological polar surface area (TPSA) is 21.3 Å². The van der Waals surface area contributed by atoms with Crippen molar-refractivity contribution in [3.63, 3.8) is 0 Å². The quantitative estimate of drug-likeness (QED) is 0.772. The monoisotopic (exact) mass is 281 g/mol. The smallest absolute Gasteiger partial charge is 0.0468 e. The Labute approximate surface area is 126 Å². The Bertz CT molecular complexity index is 230. The summed E-state index contributed by atoms with van der Waals surface area (Å²) >= 11 is 0. The summed E-state index contributed by atoms with van der Waals surface area (Å²) < 4.78 is 5.52. The van der Waals surface area contributed by atoms with Gasteiger partial charge in [0.25, 0.3) is 0 Å². The second-order valence-electron chi connectivity index (χ2n) is 6.96. The second kappa shape index (κ2) is 9.78. The molecule has 0 radical (unpaired) electrons. The molecule has 2 aliphatic rings. The minimum absolute atomic E-state index is 0.774. The maximum Gasteiger partial charge on any atom is 0.0468 e. The summed E-state index contributed by atoms with van der Waals surface area (Å²) in [4.78, 5) is 0. The standard InChI is InChI=1S/C18H35NO/c1-2-12-19-18(15-16-10-13-20-14-11-16)17-8-6-4-3-5-7-9-17/h16-19H,2-15H2,1H3. The van der Waals surface area contributed by atoms with E-state index in [1.54, 1.807) is 0 Å². The summed E-state index contributed by atoms with van der Waals surface area (Å²) in [5, 5.41) is 3.89. The van der Waals surface area contributed by atoms with Crippen LogP contribution in [-0.2, 0) is 4.74 Å². The predicted molar refractivity (Wildman–Crippen MR) is 86.1 cm³/mol. The van der Waals surface area contributed by atoms with Crippen molar-refractivity contribution >= 4 is 0 Å². The van der Waals surface area contributed by atoms with Gasteiger partial charge in [-0.15, -0.1) is 0 Å². The molecular weight excluding hydrogens is 246 g/mol. The molecule has 2 heteroatoms. The second-order valence-corrected chi connectivity index (χ2v) is 6.96. The van der Waals surface area contributed by atoms with Gasteiger partial charge in [-0.1, -0.05) is 39.0 Å². The molecule has 0 amide bonds. The van der Waals surface area contributed by atoms with E-state index in [0.29, 0.717) is 0 Å². The van der Waals surface area contributed by atoms with E-state index in [9.17, 15) is 0 Å². The minimum atomic E-state index is 0.774. The molecule has 1 aliphatic heterocycles. The van der Waals surface area contributed by atoms with Gasteiger partial charge in [-0.25, -0.2) is 0 Å². The third-order valence-electron chi connectivity index (χ3n) is 5.30. The van der Waals surface area contributed by atoms with Crippen LogP contribution in [0.2, 0.25) is 0 Å². The SMILES string of the molecule is CCCNC(CC1CCOCC1)C1CCCCCCC1. The van der Waals surface area contributed by atoms with Crippen molar-refractivity contribution in [2.24, 2.45) is 11.8 Å². The zero-order chi connectivity index (χ0) is 14.0. The lowest BCUT2D eigenvalue weighted by atomic mass is 9.80. The van der Waals surface area contributed by atoms with Crippen LogP contribution in [0, 0.1) is 11.8 Å². The van der Waals surface area contributed by atoms with Crippen LogP contribution in [0.1, 0.15) is 77.6 Å². The van der Waals surface area contributed by atoms with E-state index in [0.717, 1.165) is 31.1 Å². The summed E-state index contributed by atoms with van der Waals surface area (Å²) in [7, 11) is 0. The maximum atomic E-state index is 5.52. The first kappa shape index (κ1) is 16.3. The van der Waals surface area contributed by atoms with Crippen molar-refractivity contribution in [1.82, 2.24) is 5.32 Å². The van der Waals surface area contributed by atoms with E-state index in [4.69, 9.17) is 4.74 Å². The van der Waals surface area contributed by atoms with Gasteiger partial charge in [0.15, 0.2) is 0 Å². The Balaban J connectivity index is 1.85. The van der Waals surface area contributed by atoms with E-state index in [2.05, 4.69) is 12.2 Å². The highest BCUT2D eigenvalue weighted by Crippen LogP contribution is 2.30. The molecule has 0 aromatic heterocycles. The molecule has 0 bridgehead atoms. The Morgan fingerprint density at radius 3 is 2.25 bits per heavy atom. The van der Waals surface area contributed by atoms with Crippen molar-refractivity contribution in [2.75, 3.05) is 19.8 Å². The van der Waals surface area contributed by atoms with Crippen molar-refractivity contribution < 1.29 is 4.74 Å². The van der Waals surface area contributed by atoms with Crippen LogP contribution in [0.25, 0.3) is 0 Å². The van der Waals surface area contributed by atoms with E-state index in [1.165, 1.54) is 77.2 Å². The van der Waals surface area contributed by atoms with E-state index in [-0.39, 0.29) is 0 Å². The summed E-state index contributed by atoms with van der Waals surface area (Å²) in [6.07, 6.45) is 15.5. The molecule has 1 aliphatic carbocycles. The third-order valence-corrected chi connectivity index (χ3v) is 5.30. The molecule has 0 spiro atoms. The lowest BCUT2D eigenvalue weighted by Crippen LogP contribution is -2.39. The number of ether oxygens (including phenoxy) is 1. The first-order valence-corrected chi connectivity index (χ1v) is 9.21. The van der Waals surface area contributed by atoms with Gasteiger partial charge in [0.2, 0.25) is 0 Å². The Hall–Kier alpha value is -0.0800. The number of nitrogens with one attached hydrogen (secondary N) is 1. The van der Waals surface area contributed by atoms with Gasteiger partial charge in [0.1, 0.15) is 0 Å². The fourth-order valence-corrected chi connectivity index (χ4v) is 4.00. The highest BCUT2D eigenvalue weighted by molar-refractivity contribution is 4.81. The molecule has 2 nitrogen and oxygen atoms in total. The summed E-state index contributed by atoms with van der Waals surface area (Å²) in [6.45, 7) is 5.48. The Morgan fingerprint density at radius 2 is 1.60 bits per heavy atom. The molecule has 1 unspecified atom stereocenters. The highest BCUT2D eigenvalue weighted by Gasteiger charge is 2.25. The lowest BCUT2D eigenvalue weighted by Gasteiger charge is -2.33. The summed E-state index contributed by atoms with van der Waals surface area (Å²) in [6, 6.07) is 0.774. The maximum absolute atomic E-state index is 5.52. The molecule has 2 rings (SSSR count). The summed E-state index contributed by atoms with van der Waals surface area (Å²) in [5.74, 6) is 1.84. The number of hydrogen-bond donors (Lipinski definition) is 1. The fourth-order valence-electron chi connectivity index (χ4n) is 4.00. The largest absolute Gasteiger partial charge is 0.381 e. The zero-order valence-corrected chi connectivity index (χ0v) is 13.5. The first-order chi connectivity index (χ1) is 9.90. The Kier molecular flexibility index (Phi) is 7.97. The normalized spacial score (nSPS) is 25.1. The molecule has 1 heterocycles. The number of hydrogen-bond acceptors (Lipinski definition) is 2. The van der Waals surface area contributed by atoms with Gasteiger partial charge in [-0.05, 0) is 56.9 Å². The fraction of sp³-hybridized carbons (Fsp3) is 1.00. The van der Waals surface area contributed by atoms with E-state index in [1.807, 2.05) is 0 Å². The van der Waals surface area contributed by atoms with Gasteiger partial charge in [-0.3, -0.25) is 0 Å². The third kappa shape index (κ3) is 5.73. The van der Waals surface area contributed by atoms with Gasteiger partial charge >= 0.3 is 0 Å². The average molecular weight is 281 g/mol. The van der Waals surface area contributed by atoms with Gasteiger partial charge in [0, 0.05) is 19.3 Å². The Morgan fingerprint density at radius 1 is 0.950 bits per heavy atom. The van der Waals surface area contributed by atoms with Crippen LogP contribution in [0.4, 0.5) is 0 Å². The zero-order valence-electron chi connectivity index (χ0n) is 13.5. The van der Waals surface area contributed by atoms with Crippen molar-refractivity contribution in [3.05, 3.63) is 0 Å². The van der Waals surface area contributed by atoms with Crippen molar-refractivity contribution in [3.8, 4) is 0 Å². The predicted octanol–water partition coefficient (Wildman–Crippen LogP) is 4.53. The van der Waals surface area contributed by atoms with E-state index < -0.39 is 0 Å². The molecule has 1 saturated carbocycles. The highest BCUT2D eigenvalue weighted by atomic mass is 16.5. The van der Waals surface area contributed by atoms with E-state index >= 15 is 0 Å². The van der Waals surface area contributed by atoms with Crippen LogP contribution in [0.15, 0.2) is 0 Å². The molecule has 2 fully saturated rings. The molecule has 0 aromatic carbocycles. The van der Waals surface area contributed by atoms with Gasteiger partial charge in [0.05, 0.1) is 0 Å². The molecule has 20 heavy (non-hydrogen) atoms. The molecule has 1 atom stereocenters. The van der Waals surface area contributed by atoms with Crippen molar-refractivity contribution in [1.29, 1.82) is 0 Å². The van der Waals surface area contributed by atoms with Crippen LogP contribution in [0.3, 0.4) is 0 Å². The average Bonchev–Trinajstić information content (AvgIpc) is 2.45. The minimum Gasteiger partial charge on any atom is -0.381 e. The molecule has 0 aromatic rings. The summed E-state index contributed by atoms with van der Waals surface area (Å²) in [5.41, 5.74) is 0. The van der Waals surface area contributed by atoms with Crippen LogP contribution < -0.4 is 5.32 Å².